The summed E-state index contributed by atoms with van der Waals surface area (Å²) < 4.78 is 5.03. The van der Waals surface area contributed by atoms with Gasteiger partial charge in [0.25, 0.3) is 5.69 Å². The molecule has 7 nitrogen and oxygen atoms in total. The van der Waals surface area contributed by atoms with Gasteiger partial charge < -0.3 is 9.52 Å². The molecule has 0 saturated heterocycles. The molecule has 0 fully saturated rings. The molecule has 0 atom stereocenters. The highest BCUT2D eigenvalue weighted by molar-refractivity contribution is 5.96. The predicted octanol–water partition coefficient (Wildman–Crippen LogP) is 2.95. The van der Waals surface area contributed by atoms with Gasteiger partial charge in [0.05, 0.1) is 4.92 Å². The van der Waals surface area contributed by atoms with E-state index in [1.807, 2.05) is 0 Å². The van der Waals surface area contributed by atoms with Crippen LogP contribution in [-0.4, -0.2) is 10.0 Å². The first-order valence-corrected chi connectivity index (χ1v) is 6.46. The minimum absolute atomic E-state index is 0.0931. The molecule has 0 aliphatic carbocycles. The lowest BCUT2D eigenvalue weighted by Gasteiger charge is -2.08. The molecule has 1 N–H and O–H groups in total. The largest absolute Gasteiger partial charge is 0.508 e. The third-order valence-corrected chi connectivity index (χ3v) is 3.35. The second-order valence-corrected chi connectivity index (χ2v) is 4.74. The summed E-state index contributed by atoms with van der Waals surface area (Å²) in [5, 5.41) is 30.1. The van der Waals surface area contributed by atoms with Crippen molar-refractivity contribution in [1.82, 2.24) is 0 Å². The monoisotopic (exact) mass is 308 g/mol. The molecule has 3 rings (SSSR count). The fraction of sp³-hybridized carbons (Fsp3) is 0. The second-order valence-electron chi connectivity index (χ2n) is 4.74. The SMILES string of the molecule is N#Cc1c(-c2cccc([N+](=O)[O-])c2)c2ccc(O)cc2oc1=O. The lowest BCUT2D eigenvalue weighted by Crippen LogP contribution is -2.06. The Balaban J connectivity index is 2.44. The molecule has 112 valence electrons. The number of aromatic hydroxyl groups is 1. The van der Waals surface area contributed by atoms with Crippen LogP contribution in [0.5, 0.6) is 5.75 Å². The summed E-state index contributed by atoms with van der Waals surface area (Å²) in [4.78, 5) is 22.4. The molecule has 0 aliphatic heterocycles. The van der Waals surface area contributed by atoms with Crippen molar-refractivity contribution < 1.29 is 14.4 Å². The van der Waals surface area contributed by atoms with E-state index in [2.05, 4.69) is 0 Å². The minimum atomic E-state index is -0.868. The topological polar surface area (TPSA) is 117 Å². The minimum Gasteiger partial charge on any atom is -0.508 e. The molecule has 0 bridgehead atoms. The number of phenols is 1. The average molecular weight is 308 g/mol. The van der Waals surface area contributed by atoms with Gasteiger partial charge in [0, 0.05) is 29.1 Å². The molecule has 0 unspecified atom stereocenters. The van der Waals surface area contributed by atoms with Gasteiger partial charge in [-0.05, 0) is 17.7 Å². The number of fused-ring (bicyclic) bond motifs is 1. The van der Waals surface area contributed by atoms with Crippen molar-refractivity contribution >= 4 is 16.7 Å². The van der Waals surface area contributed by atoms with Gasteiger partial charge in [0.2, 0.25) is 0 Å². The maximum absolute atomic E-state index is 12.0. The Morgan fingerprint density at radius 1 is 1.22 bits per heavy atom. The van der Waals surface area contributed by atoms with Crippen LogP contribution in [0.15, 0.2) is 51.7 Å². The zero-order valence-electron chi connectivity index (χ0n) is 11.5. The number of nitrogens with zero attached hydrogens (tertiary/aromatic N) is 2. The van der Waals surface area contributed by atoms with Gasteiger partial charge in [0.15, 0.2) is 0 Å². The average Bonchev–Trinajstić information content (AvgIpc) is 2.53. The van der Waals surface area contributed by atoms with Crippen LogP contribution in [0.2, 0.25) is 0 Å². The summed E-state index contributed by atoms with van der Waals surface area (Å²) in [6.45, 7) is 0. The quantitative estimate of drug-likeness (QED) is 0.442. The maximum atomic E-state index is 12.0. The first-order valence-electron chi connectivity index (χ1n) is 6.46. The van der Waals surface area contributed by atoms with Crippen LogP contribution >= 0.6 is 0 Å². The Labute approximate surface area is 128 Å². The van der Waals surface area contributed by atoms with Crippen molar-refractivity contribution in [3.63, 3.8) is 0 Å². The van der Waals surface area contributed by atoms with Crippen molar-refractivity contribution in [1.29, 1.82) is 5.26 Å². The Kier molecular flexibility index (Phi) is 3.27. The highest BCUT2D eigenvalue weighted by atomic mass is 16.6. The molecule has 2 aromatic carbocycles. The number of rotatable bonds is 2. The summed E-state index contributed by atoms with van der Waals surface area (Å²) >= 11 is 0. The summed E-state index contributed by atoms with van der Waals surface area (Å²) in [6.07, 6.45) is 0. The van der Waals surface area contributed by atoms with E-state index in [4.69, 9.17) is 4.42 Å². The summed E-state index contributed by atoms with van der Waals surface area (Å²) in [7, 11) is 0. The van der Waals surface area contributed by atoms with Gasteiger partial charge in [-0.3, -0.25) is 10.1 Å². The molecule has 0 spiro atoms. The number of nitro groups is 1. The molecular weight excluding hydrogens is 300 g/mol. The van der Waals surface area contributed by atoms with Crippen LogP contribution in [0, 0.1) is 21.4 Å². The maximum Gasteiger partial charge on any atom is 0.354 e. The zero-order chi connectivity index (χ0) is 16.6. The Bertz CT molecular complexity index is 1050. The van der Waals surface area contributed by atoms with E-state index in [0.717, 1.165) is 0 Å². The highest BCUT2D eigenvalue weighted by Crippen LogP contribution is 2.33. The van der Waals surface area contributed by atoms with E-state index < -0.39 is 10.5 Å². The molecule has 0 saturated carbocycles. The van der Waals surface area contributed by atoms with Crippen molar-refractivity contribution in [2.24, 2.45) is 0 Å². The van der Waals surface area contributed by atoms with E-state index >= 15 is 0 Å². The molecule has 7 heteroatoms. The number of hydrogen-bond donors (Lipinski definition) is 1. The van der Waals surface area contributed by atoms with Crippen LogP contribution in [-0.2, 0) is 0 Å². The first kappa shape index (κ1) is 14.3. The van der Waals surface area contributed by atoms with Gasteiger partial charge in [0.1, 0.15) is 23.0 Å². The van der Waals surface area contributed by atoms with Crippen molar-refractivity contribution in [2.45, 2.75) is 0 Å². The fourth-order valence-corrected chi connectivity index (χ4v) is 2.37. The molecular formula is C16H8N2O5. The Morgan fingerprint density at radius 3 is 2.70 bits per heavy atom. The Morgan fingerprint density at radius 2 is 2.00 bits per heavy atom. The van der Waals surface area contributed by atoms with Crippen LogP contribution < -0.4 is 5.63 Å². The van der Waals surface area contributed by atoms with E-state index in [0.29, 0.717) is 10.9 Å². The molecule has 0 amide bonds. The van der Waals surface area contributed by atoms with Gasteiger partial charge in [-0.1, -0.05) is 12.1 Å². The predicted molar refractivity (Wildman–Crippen MR) is 81.0 cm³/mol. The number of non-ortho nitro benzene ring substituents is 1. The third kappa shape index (κ3) is 2.38. The number of phenolic OH excluding ortho intramolecular Hbond substituents is 1. The van der Waals surface area contributed by atoms with Crippen molar-refractivity contribution in [3.05, 3.63) is 68.6 Å². The van der Waals surface area contributed by atoms with Gasteiger partial charge in [-0.2, -0.15) is 5.26 Å². The van der Waals surface area contributed by atoms with Crippen LogP contribution in [0.25, 0.3) is 22.1 Å². The molecule has 0 radical (unpaired) electrons. The lowest BCUT2D eigenvalue weighted by atomic mass is 9.97. The summed E-state index contributed by atoms with van der Waals surface area (Å²) in [5.41, 5.74) is -0.598. The van der Waals surface area contributed by atoms with E-state index in [1.165, 1.54) is 36.4 Å². The number of hydrogen-bond acceptors (Lipinski definition) is 6. The van der Waals surface area contributed by atoms with Gasteiger partial charge in [-0.25, -0.2) is 4.79 Å². The molecule has 3 aromatic rings. The van der Waals surface area contributed by atoms with Crippen molar-refractivity contribution in [2.75, 3.05) is 0 Å². The number of nitriles is 1. The number of nitro benzene ring substituents is 1. The smallest absolute Gasteiger partial charge is 0.354 e. The van der Waals surface area contributed by atoms with Crippen molar-refractivity contribution in [3.8, 4) is 22.9 Å². The molecule has 1 heterocycles. The van der Waals surface area contributed by atoms with Gasteiger partial charge >= 0.3 is 5.63 Å². The number of benzene rings is 2. The summed E-state index contributed by atoms with van der Waals surface area (Å²) in [5.74, 6) is -0.102. The fourth-order valence-electron chi connectivity index (χ4n) is 2.37. The van der Waals surface area contributed by atoms with E-state index in [-0.39, 0.29) is 28.1 Å². The van der Waals surface area contributed by atoms with Crippen LogP contribution in [0.4, 0.5) is 5.69 Å². The zero-order valence-corrected chi connectivity index (χ0v) is 11.5. The summed E-state index contributed by atoms with van der Waals surface area (Å²) in [6, 6.07) is 11.5. The lowest BCUT2D eigenvalue weighted by molar-refractivity contribution is -0.384. The first-order chi connectivity index (χ1) is 11.0. The van der Waals surface area contributed by atoms with Gasteiger partial charge in [-0.15, -0.1) is 0 Å². The molecule has 23 heavy (non-hydrogen) atoms. The highest BCUT2D eigenvalue weighted by Gasteiger charge is 2.18. The molecule has 1 aromatic heterocycles. The normalized spacial score (nSPS) is 10.4. The molecule has 0 aliphatic rings. The van der Waals surface area contributed by atoms with Crippen LogP contribution in [0.1, 0.15) is 5.56 Å². The second kappa shape index (κ2) is 5.27. The standard InChI is InChI=1S/C16H8N2O5/c17-8-13-15(9-2-1-3-10(6-9)18(21)22)12-5-4-11(19)7-14(12)23-16(13)20/h1-7,19H. The van der Waals surface area contributed by atoms with E-state index in [1.54, 1.807) is 12.1 Å². The van der Waals surface area contributed by atoms with E-state index in [9.17, 15) is 25.3 Å². The van der Waals surface area contributed by atoms with Crippen LogP contribution in [0.3, 0.4) is 0 Å². The Hall–Kier alpha value is -3.66. The third-order valence-electron chi connectivity index (χ3n) is 3.35.